The van der Waals surface area contributed by atoms with Crippen molar-refractivity contribution in [2.45, 2.75) is 46.8 Å². The summed E-state index contributed by atoms with van der Waals surface area (Å²) < 4.78 is 11.7. The van der Waals surface area contributed by atoms with Crippen LogP contribution >= 0.6 is 0 Å². The SMILES string of the molecule is COCC1CC(c2ncc(-c3ccc4c(c3)COc3cc5c(N)c(C)ccc5cc3-4)[nH]2)N(C(=O)[C@@H](C)C(C)C)C1. The van der Waals surface area contributed by atoms with E-state index in [1.165, 1.54) is 5.56 Å². The number of nitrogens with two attached hydrogens (primary N) is 1. The van der Waals surface area contributed by atoms with Crippen molar-refractivity contribution >= 4 is 22.4 Å². The highest BCUT2D eigenvalue weighted by molar-refractivity contribution is 5.99. The molecule has 3 heterocycles. The highest BCUT2D eigenvalue weighted by Gasteiger charge is 2.39. The van der Waals surface area contributed by atoms with Gasteiger partial charge in [0.1, 0.15) is 18.2 Å². The minimum absolute atomic E-state index is 0.0423. The topological polar surface area (TPSA) is 93.5 Å². The Hall–Kier alpha value is -3.84. The number of rotatable bonds is 6. The second-order valence-electron chi connectivity index (χ2n) is 11.8. The maximum atomic E-state index is 13.4. The first kappa shape index (κ1) is 26.4. The van der Waals surface area contributed by atoms with Crippen molar-refractivity contribution < 1.29 is 14.3 Å². The van der Waals surface area contributed by atoms with E-state index in [9.17, 15) is 4.79 Å². The van der Waals surface area contributed by atoms with E-state index >= 15 is 0 Å². The number of aromatic amines is 1. The lowest BCUT2D eigenvalue weighted by Gasteiger charge is -2.28. The third kappa shape index (κ3) is 4.52. The second-order valence-corrected chi connectivity index (χ2v) is 11.8. The largest absolute Gasteiger partial charge is 0.488 e. The normalized spacial score (nSPS) is 19.0. The molecule has 2 aliphatic rings. The zero-order valence-corrected chi connectivity index (χ0v) is 24.0. The summed E-state index contributed by atoms with van der Waals surface area (Å²) in [4.78, 5) is 23.7. The Morgan fingerprint density at radius 3 is 2.77 bits per heavy atom. The Morgan fingerprint density at radius 1 is 1.18 bits per heavy atom. The number of nitrogens with one attached hydrogen (secondary N) is 1. The van der Waals surface area contributed by atoms with Crippen molar-refractivity contribution in [2.75, 3.05) is 26.0 Å². The molecule has 1 amide bonds. The molecule has 0 spiro atoms. The maximum absolute atomic E-state index is 13.4. The van der Waals surface area contributed by atoms with Crippen LogP contribution in [0.4, 0.5) is 5.69 Å². The van der Waals surface area contributed by atoms with Crippen LogP contribution < -0.4 is 10.5 Å². The number of H-pyrrole nitrogens is 1. The predicted octanol–water partition coefficient (Wildman–Crippen LogP) is 6.51. The van der Waals surface area contributed by atoms with Crippen molar-refractivity contribution in [2.24, 2.45) is 17.8 Å². The first-order chi connectivity index (χ1) is 19.2. The molecule has 7 nitrogen and oxygen atoms in total. The number of nitrogen functional groups attached to an aromatic ring is 1. The molecule has 0 bridgehead atoms. The lowest BCUT2D eigenvalue weighted by molar-refractivity contribution is -0.137. The fourth-order valence-electron chi connectivity index (χ4n) is 6.10. The molecule has 2 aliphatic heterocycles. The van der Waals surface area contributed by atoms with Crippen LogP contribution in [-0.4, -0.2) is 41.0 Å². The summed E-state index contributed by atoms with van der Waals surface area (Å²) in [6.45, 7) is 10.1. The molecule has 1 saturated heterocycles. The molecule has 3 aromatic carbocycles. The fraction of sp³-hybridized carbons (Fsp3) is 0.394. The molecule has 0 radical (unpaired) electrons. The summed E-state index contributed by atoms with van der Waals surface area (Å²) in [5.74, 6) is 2.41. The first-order valence-electron chi connectivity index (χ1n) is 14.2. The highest BCUT2D eigenvalue weighted by Crippen LogP contribution is 2.43. The number of methoxy groups -OCH3 is 1. The number of carbonyl (C=O) groups is 1. The third-order valence-electron chi connectivity index (χ3n) is 8.84. The van der Waals surface area contributed by atoms with Crippen LogP contribution in [-0.2, 0) is 16.1 Å². The van der Waals surface area contributed by atoms with E-state index in [2.05, 4.69) is 61.3 Å². The molecular formula is C33H38N4O3. The molecule has 208 valence electrons. The Kier molecular flexibility index (Phi) is 6.78. The number of anilines is 1. The quantitative estimate of drug-likeness (QED) is 0.273. The maximum Gasteiger partial charge on any atom is 0.226 e. The summed E-state index contributed by atoms with van der Waals surface area (Å²) in [7, 11) is 1.72. The Labute approximate surface area is 235 Å². The van der Waals surface area contributed by atoms with Gasteiger partial charge in [0.25, 0.3) is 0 Å². The van der Waals surface area contributed by atoms with Crippen LogP contribution in [0.1, 0.15) is 50.2 Å². The summed E-state index contributed by atoms with van der Waals surface area (Å²) in [6.07, 6.45) is 2.72. The number of imidazole rings is 1. The molecule has 1 aromatic heterocycles. The number of nitrogens with zero attached hydrogens (tertiary/aromatic N) is 2. The summed E-state index contributed by atoms with van der Waals surface area (Å²) >= 11 is 0. The van der Waals surface area contributed by atoms with E-state index < -0.39 is 0 Å². The van der Waals surface area contributed by atoms with Crippen molar-refractivity contribution in [3.05, 3.63) is 65.6 Å². The molecule has 0 aliphatic carbocycles. The zero-order chi connectivity index (χ0) is 28.1. The smallest absolute Gasteiger partial charge is 0.226 e. The summed E-state index contributed by atoms with van der Waals surface area (Å²) in [6, 6.07) is 14.8. The van der Waals surface area contributed by atoms with E-state index in [1.807, 2.05) is 24.9 Å². The van der Waals surface area contributed by atoms with Gasteiger partial charge in [-0.15, -0.1) is 0 Å². The molecule has 2 unspecified atom stereocenters. The molecule has 7 heteroatoms. The number of amides is 1. The molecular weight excluding hydrogens is 500 g/mol. The molecule has 3 atom stereocenters. The minimum atomic E-state index is -0.0835. The van der Waals surface area contributed by atoms with Gasteiger partial charge < -0.3 is 25.1 Å². The standard InChI is InChI=1S/C33H38N4O3/c1-18(2)20(4)33(38)37-15-21(16-39-5)10-29(37)32-35-14-28(36-32)23-8-9-25-24(11-23)17-40-30-13-26-22(12-27(25)30)7-6-19(3)31(26)34/h6-9,11-14,18,20-21,29H,10,15-17,34H2,1-5H3,(H,35,36)/t20-,21?,29?/m0/s1. The third-order valence-corrected chi connectivity index (χ3v) is 8.84. The van der Waals surface area contributed by atoms with E-state index in [0.717, 1.165) is 62.4 Å². The predicted molar refractivity (Wildman–Crippen MR) is 159 cm³/mol. The van der Waals surface area contributed by atoms with Crippen LogP contribution in [0.15, 0.2) is 48.7 Å². The number of likely N-dealkylation sites (tertiary alicyclic amines) is 1. The molecule has 1 fully saturated rings. The molecule has 6 rings (SSSR count). The number of carbonyl (C=O) groups excluding carboxylic acids is 1. The van der Waals surface area contributed by atoms with Crippen LogP contribution in [0.3, 0.4) is 0 Å². The van der Waals surface area contributed by atoms with Crippen LogP contribution in [0, 0.1) is 24.7 Å². The summed E-state index contributed by atoms with van der Waals surface area (Å²) in [5, 5.41) is 2.13. The Balaban J connectivity index is 1.30. The van der Waals surface area contributed by atoms with Gasteiger partial charge in [0, 0.05) is 42.1 Å². The van der Waals surface area contributed by atoms with Crippen molar-refractivity contribution in [1.29, 1.82) is 0 Å². The number of ether oxygens (including phenoxy) is 2. The minimum Gasteiger partial charge on any atom is -0.488 e. The zero-order valence-electron chi connectivity index (χ0n) is 24.0. The van der Waals surface area contributed by atoms with E-state index in [1.54, 1.807) is 7.11 Å². The number of aryl methyl sites for hydroxylation is 1. The van der Waals surface area contributed by atoms with Gasteiger partial charge in [-0.2, -0.15) is 0 Å². The average molecular weight is 539 g/mol. The van der Waals surface area contributed by atoms with E-state index in [4.69, 9.17) is 20.2 Å². The Bertz CT molecular complexity index is 1590. The van der Waals surface area contributed by atoms with E-state index in [-0.39, 0.29) is 23.8 Å². The fourth-order valence-corrected chi connectivity index (χ4v) is 6.10. The number of fused-ring (bicyclic) bond motifs is 4. The van der Waals surface area contributed by atoms with Crippen molar-refractivity contribution in [3.8, 4) is 28.1 Å². The van der Waals surface area contributed by atoms with Gasteiger partial charge in [-0.05, 0) is 65.1 Å². The number of benzene rings is 3. The van der Waals surface area contributed by atoms with Crippen LogP contribution in [0.2, 0.25) is 0 Å². The van der Waals surface area contributed by atoms with Gasteiger partial charge in [-0.3, -0.25) is 4.79 Å². The first-order valence-corrected chi connectivity index (χ1v) is 14.2. The average Bonchev–Trinajstić information content (AvgIpc) is 3.61. The molecule has 4 aromatic rings. The highest BCUT2D eigenvalue weighted by atomic mass is 16.5. The van der Waals surface area contributed by atoms with Crippen molar-refractivity contribution in [3.63, 3.8) is 0 Å². The van der Waals surface area contributed by atoms with Gasteiger partial charge in [0.2, 0.25) is 5.91 Å². The van der Waals surface area contributed by atoms with Crippen LogP contribution in [0.5, 0.6) is 5.75 Å². The lowest BCUT2D eigenvalue weighted by Crippen LogP contribution is -2.37. The van der Waals surface area contributed by atoms with Gasteiger partial charge in [-0.25, -0.2) is 4.98 Å². The van der Waals surface area contributed by atoms with Gasteiger partial charge in [0.15, 0.2) is 0 Å². The van der Waals surface area contributed by atoms with Gasteiger partial charge in [-0.1, -0.05) is 45.0 Å². The lowest BCUT2D eigenvalue weighted by atomic mass is 9.92. The number of hydrogen-bond acceptors (Lipinski definition) is 5. The van der Waals surface area contributed by atoms with Crippen LogP contribution in [0.25, 0.3) is 33.2 Å². The van der Waals surface area contributed by atoms with Gasteiger partial charge >= 0.3 is 0 Å². The van der Waals surface area contributed by atoms with E-state index in [0.29, 0.717) is 25.7 Å². The molecule has 0 saturated carbocycles. The molecule has 3 N–H and O–H groups in total. The summed E-state index contributed by atoms with van der Waals surface area (Å²) in [5.41, 5.74) is 13.6. The molecule has 40 heavy (non-hydrogen) atoms. The second kappa shape index (κ2) is 10.3. The Morgan fingerprint density at radius 2 is 2.00 bits per heavy atom. The van der Waals surface area contributed by atoms with Crippen molar-refractivity contribution in [1.82, 2.24) is 14.9 Å². The number of hydrogen-bond donors (Lipinski definition) is 2. The monoisotopic (exact) mass is 538 g/mol. The van der Waals surface area contributed by atoms with Gasteiger partial charge in [0.05, 0.1) is 24.5 Å². The number of aromatic nitrogens is 2.